The molecule has 0 aromatic heterocycles. The number of benzene rings is 1. The summed E-state index contributed by atoms with van der Waals surface area (Å²) in [4.78, 5) is 17.3. The summed E-state index contributed by atoms with van der Waals surface area (Å²) in [5, 5.41) is 0. The van der Waals surface area contributed by atoms with E-state index in [-0.39, 0.29) is 0 Å². The molecule has 0 atom stereocenters. The van der Waals surface area contributed by atoms with Crippen LogP contribution >= 0.6 is 7.60 Å². The molecule has 0 saturated carbocycles. The second-order valence-corrected chi connectivity index (χ2v) is 5.25. The molecule has 0 spiro atoms. The zero-order valence-corrected chi connectivity index (χ0v) is 9.65. The molecule has 0 unspecified atom stereocenters. The van der Waals surface area contributed by atoms with E-state index in [1.165, 1.54) is 0 Å². The molecule has 0 fully saturated rings. The van der Waals surface area contributed by atoms with Crippen molar-refractivity contribution >= 4 is 7.60 Å². The molecule has 4 nitrogen and oxygen atoms in total. The Morgan fingerprint density at radius 3 is 2.60 bits per heavy atom. The summed E-state index contributed by atoms with van der Waals surface area (Å²) in [6.07, 6.45) is -0.575. The van der Waals surface area contributed by atoms with Gasteiger partial charge in [0.2, 0.25) is 0 Å². The van der Waals surface area contributed by atoms with E-state index in [4.69, 9.17) is 14.5 Å². The lowest BCUT2D eigenvalue weighted by atomic mass is 10.0. The van der Waals surface area contributed by atoms with E-state index in [0.29, 0.717) is 11.7 Å². The van der Waals surface area contributed by atoms with Crippen LogP contribution in [0, 0.1) is 0 Å². The van der Waals surface area contributed by atoms with Crippen molar-refractivity contribution in [3.63, 3.8) is 0 Å². The van der Waals surface area contributed by atoms with E-state index in [9.17, 15) is 4.57 Å². The molecular formula is C10H15O4P. The fourth-order valence-corrected chi connectivity index (χ4v) is 1.44. The molecular weight excluding hydrogens is 215 g/mol. The van der Waals surface area contributed by atoms with Crippen LogP contribution < -0.4 is 4.74 Å². The SMILES string of the molecule is CC(C)c1cccc(OCP(=O)(O)O)c1. The molecule has 1 aromatic carbocycles. The van der Waals surface area contributed by atoms with Crippen molar-refractivity contribution in [2.45, 2.75) is 19.8 Å². The highest BCUT2D eigenvalue weighted by Crippen LogP contribution is 2.34. The van der Waals surface area contributed by atoms with Crippen LogP contribution in [0.1, 0.15) is 25.3 Å². The van der Waals surface area contributed by atoms with Crippen LogP contribution in [-0.2, 0) is 4.57 Å². The van der Waals surface area contributed by atoms with E-state index < -0.39 is 13.9 Å². The molecule has 0 aliphatic heterocycles. The third-order valence-electron chi connectivity index (χ3n) is 1.92. The Labute approximate surface area is 89.1 Å². The van der Waals surface area contributed by atoms with Gasteiger partial charge in [-0.05, 0) is 23.6 Å². The van der Waals surface area contributed by atoms with E-state index in [1.807, 2.05) is 26.0 Å². The maximum atomic E-state index is 10.6. The normalized spacial score (nSPS) is 11.8. The summed E-state index contributed by atoms with van der Waals surface area (Å²) >= 11 is 0. The van der Waals surface area contributed by atoms with Crippen LogP contribution in [0.5, 0.6) is 5.75 Å². The van der Waals surface area contributed by atoms with Gasteiger partial charge in [0.25, 0.3) is 0 Å². The molecule has 2 N–H and O–H groups in total. The van der Waals surface area contributed by atoms with Crippen molar-refractivity contribution < 1.29 is 19.1 Å². The van der Waals surface area contributed by atoms with Crippen LogP contribution in [0.4, 0.5) is 0 Å². The van der Waals surface area contributed by atoms with Gasteiger partial charge in [0.05, 0.1) is 0 Å². The predicted octanol–water partition coefficient (Wildman–Crippen LogP) is 2.32. The van der Waals surface area contributed by atoms with Crippen LogP contribution in [0.2, 0.25) is 0 Å². The van der Waals surface area contributed by atoms with Gasteiger partial charge in [-0.1, -0.05) is 26.0 Å². The highest BCUT2D eigenvalue weighted by Gasteiger charge is 2.13. The Morgan fingerprint density at radius 2 is 2.07 bits per heavy atom. The summed E-state index contributed by atoms with van der Waals surface area (Å²) in [5.74, 6) is 0.855. The lowest BCUT2D eigenvalue weighted by Gasteiger charge is -2.10. The minimum absolute atomic E-state index is 0.364. The monoisotopic (exact) mass is 230 g/mol. The van der Waals surface area contributed by atoms with Crippen molar-refractivity contribution in [2.75, 3.05) is 6.35 Å². The first-order chi connectivity index (χ1) is 6.88. The van der Waals surface area contributed by atoms with Crippen LogP contribution in [0.25, 0.3) is 0 Å². The minimum atomic E-state index is -4.09. The zero-order chi connectivity index (χ0) is 11.5. The van der Waals surface area contributed by atoms with Crippen molar-refractivity contribution in [1.82, 2.24) is 0 Å². The third kappa shape index (κ3) is 4.47. The first-order valence-electron chi connectivity index (χ1n) is 4.66. The zero-order valence-electron chi connectivity index (χ0n) is 8.75. The molecule has 0 aliphatic carbocycles. The van der Waals surface area contributed by atoms with Gasteiger partial charge in [0, 0.05) is 0 Å². The molecule has 15 heavy (non-hydrogen) atoms. The van der Waals surface area contributed by atoms with Gasteiger partial charge in [-0.15, -0.1) is 0 Å². The van der Waals surface area contributed by atoms with E-state index in [0.717, 1.165) is 5.56 Å². The quantitative estimate of drug-likeness (QED) is 0.779. The Morgan fingerprint density at radius 1 is 1.40 bits per heavy atom. The number of ether oxygens (including phenoxy) is 1. The molecule has 0 aliphatic rings. The summed E-state index contributed by atoms with van der Waals surface area (Å²) < 4.78 is 15.6. The molecule has 1 aromatic rings. The maximum absolute atomic E-state index is 10.6. The molecule has 84 valence electrons. The average Bonchev–Trinajstić information content (AvgIpc) is 2.14. The third-order valence-corrected chi connectivity index (χ3v) is 2.39. The first-order valence-corrected chi connectivity index (χ1v) is 6.45. The first kappa shape index (κ1) is 12.2. The second kappa shape index (κ2) is 4.79. The van der Waals surface area contributed by atoms with Gasteiger partial charge in [-0.2, -0.15) is 0 Å². The van der Waals surface area contributed by atoms with Gasteiger partial charge in [-0.25, -0.2) is 0 Å². The molecule has 0 bridgehead atoms. The standard InChI is InChI=1S/C10H15O4P/c1-8(2)9-4-3-5-10(6-9)14-7-15(11,12)13/h3-6,8H,7H2,1-2H3,(H2,11,12,13). The van der Waals surface area contributed by atoms with E-state index in [2.05, 4.69) is 0 Å². The number of hydrogen-bond donors (Lipinski definition) is 2. The number of rotatable bonds is 4. The van der Waals surface area contributed by atoms with Crippen molar-refractivity contribution in [1.29, 1.82) is 0 Å². The Hall–Kier alpha value is -0.830. The Bertz CT molecular complexity index is 369. The lowest BCUT2D eigenvalue weighted by Crippen LogP contribution is -1.98. The Kier molecular flexibility index (Phi) is 3.91. The summed E-state index contributed by atoms with van der Waals surface area (Å²) in [7, 11) is -4.09. The Balaban J connectivity index is 2.70. The van der Waals surface area contributed by atoms with Gasteiger partial charge in [-0.3, -0.25) is 4.57 Å². The van der Waals surface area contributed by atoms with Crippen LogP contribution in [-0.4, -0.2) is 16.1 Å². The fourth-order valence-electron chi connectivity index (χ4n) is 1.12. The number of hydrogen-bond acceptors (Lipinski definition) is 2. The maximum Gasteiger partial charge on any atom is 0.362 e. The highest BCUT2D eigenvalue weighted by atomic mass is 31.2. The lowest BCUT2D eigenvalue weighted by molar-refractivity contribution is 0.300. The molecule has 0 radical (unpaired) electrons. The second-order valence-electron chi connectivity index (χ2n) is 3.67. The van der Waals surface area contributed by atoms with Crippen molar-refractivity contribution in [3.8, 4) is 5.75 Å². The molecule has 0 amide bonds. The summed E-state index contributed by atoms with van der Waals surface area (Å²) in [6.45, 7) is 4.09. The molecule has 0 saturated heterocycles. The van der Waals surface area contributed by atoms with Crippen LogP contribution in [0.15, 0.2) is 24.3 Å². The van der Waals surface area contributed by atoms with Gasteiger partial charge in [0.15, 0.2) is 6.35 Å². The van der Waals surface area contributed by atoms with E-state index in [1.54, 1.807) is 12.1 Å². The fraction of sp³-hybridized carbons (Fsp3) is 0.400. The predicted molar refractivity (Wildman–Crippen MR) is 58.1 cm³/mol. The largest absolute Gasteiger partial charge is 0.481 e. The van der Waals surface area contributed by atoms with Crippen LogP contribution in [0.3, 0.4) is 0 Å². The average molecular weight is 230 g/mol. The highest BCUT2D eigenvalue weighted by molar-refractivity contribution is 7.51. The summed E-state index contributed by atoms with van der Waals surface area (Å²) in [6, 6.07) is 7.24. The minimum Gasteiger partial charge on any atom is -0.481 e. The van der Waals surface area contributed by atoms with Crippen molar-refractivity contribution in [3.05, 3.63) is 29.8 Å². The van der Waals surface area contributed by atoms with Gasteiger partial charge in [0.1, 0.15) is 5.75 Å². The summed E-state index contributed by atoms with van der Waals surface area (Å²) in [5.41, 5.74) is 1.08. The molecule has 5 heteroatoms. The van der Waals surface area contributed by atoms with Gasteiger partial charge < -0.3 is 14.5 Å². The van der Waals surface area contributed by atoms with E-state index >= 15 is 0 Å². The smallest absolute Gasteiger partial charge is 0.362 e. The molecule has 0 heterocycles. The van der Waals surface area contributed by atoms with Gasteiger partial charge >= 0.3 is 7.60 Å². The topological polar surface area (TPSA) is 66.8 Å². The molecule has 1 rings (SSSR count). The van der Waals surface area contributed by atoms with Crippen molar-refractivity contribution in [2.24, 2.45) is 0 Å².